The van der Waals surface area contributed by atoms with Gasteiger partial charge < -0.3 is 20.4 Å². The molecule has 1 saturated heterocycles. The maximum Gasteiger partial charge on any atom is 0.319 e. The summed E-state index contributed by atoms with van der Waals surface area (Å²) in [4.78, 5) is 28.9. The molecule has 1 aromatic carbocycles. The van der Waals surface area contributed by atoms with Crippen LogP contribution in [0.5, 0.6) is 0 Å². The number of carbonyl (C=O) groups is 2. The summed E-state index contributed by atoms with van der Waals surface area (Å²) in [5.74, 6) is 0.627. The van der Waals surface area contributed by atoms with Crippen LogP contribution in [0.15, 0.2) is 24.3 Å². The van der Waals surface area contributed by atoms with Crippen molar-refractivity contribution in [2.75, 3.05) is 42.9 Å². The number of piperazine rings is 1. The molecule has 1 aliphatic carbocycles. The highest BCUT2D eigenvalue weighted by Crippen LogP contribution is 2.26. The minimum Gasteiger partial charge on any atom is -0.368 e. The number of hydrogen-bond donors (Lipinski definition) is 2. The fourth-order valence-electron chi connectivity index (χ4n) is 4.10. The van der Waals surface area contributed by atoms with Crippen molar-refractivity contribution in [1.29, 1.82) is 0 Å². The lowest BCUT2D eigenvalue weighted by Gasteiger charge is -2.38. The van der Waals surface area contributed by atoms with Gasteiger partial charge in [-0.2, -0.15) is 0 Å². The topological polar surface area (TPSA) is 64.7 Å². The highest BCUT2D eigenvalue weighted by atomic mass is 16.2. The largest absolute Gasteiger partial charge is 0.368 e. The maximum atomic E-state index is 12.7. The molecule has 2 aliphatic rings. The molecular formula is C22H34N4O2. The number of urea groups is 1. The number of nitrogens with one attached hydrogen (secondary N) is 2. The van der Waals surface area contributed by atoms with Gasteiger partial charge in [-0.15, -0.1) is 0 Å². The first-order valence-corrected chi connectivity index (χ1v) is 10.9. The standard InChI is InChI=1S/C22H34N4O2/c1-2-3-13-23-22(28)24-19-9-11-20(12-10-19)25-14-16-26(17-15-25)21(27)18-7-5-4-6-8-18/h9-12,18H,2-8,13-17H2,1H3,(H2,23,24,28). The fourth-order valence-corrected chi connectivity index (χ4v) is 4.10. The van der Waals surface area contributed by atoms with Gasteiger partial charge in [-0.1, -0.05) is 32.6 Å². The number of benzene rings is 1. The third-order valence-corrected chi connectivity index (χ3v) is 5.85. The second-order valence-electron chi connectivity index (χ2n) is 7.93. The van der Waals surface area contributed by atoms with E-state index in [1.54, 1.807) is 0 Å². The molecule has 2 fully saturated rings. The monoisotopic (exact) mass is 386 g/mol. The predicted octanol–water partition coefficient (Wildman–Crippen LogP) is 3.84. The second kappa shape index (κ2) is 10.3. The van der Waals surface area contributed by atoms with E-state index in [0.717, 1.165) is 63.2 Å². The van der Waals surface area contributed by atoms with Crippen molar-refractivity contribution in [2.45, 2.75) is 51.9 Å². The van der Waals surface area contributed by atoms with Crippen molar-refractivity contribution in [1.82, 2.24) is 10.2 Å². The molecule has 154 valence electrons. The molecule has 2 N–H and O–H groups in total. The number of nitrogens with zero attached hydrogens (tertiary/aromatic N) is 2. The zero-order valence-corrected chi connectivity index (χ0v) is 17.1. The van der Waals surface area contributed by atoms with Crippen molar-refractivity contribution < 1.29 is 9.59 Å². The Bertz CT molecular complexity index is 632. The van der Waals surface area contributed by atoms with Gasteiger partial charge >= 0.3 is 6.03 Å². The molecule has 1 heterocycles. The molecule has 0 radical (unpaired) electrons. The molecule has 28 heavy (non-hydrogen) atoms. The normalized spacial score (nSPS) is 18.0. The third-order valence-electron chi connectivity index (χ3n) is 5.85. The van der Waals surface area contributed by atoms with E-state index in [1.165, 1.54) is 19.3 Å². The van der Waals surface area contributed by atoms with E-state index in [1.807, 2.05) is 24.3 Å². The molecule has 0 atom stereocenters. The fraction of sp³-hybridized carbons (Fsp3) is 0.636. The lowest BCUT2D eigenvalue weighted by atomic mass is 9.88. The van der Waals surface area contributed by atoms with Gasteiger partial charge in [0.2, 0.25) is 5.91 Å². The summed E-state index contributed by atoms with van der Waals surface area (Å²) in [6.45, 7) is 6.13. The minimum absolute atomic E-state index is 0.156. The molecule has 0 spiro atoms. The number of anilines is 2. The van der Waals surface area contributed by atoms with E-state index < -0.39 is 0 Å². The van der Waals surface area contributed by atoms with Gasteiger partial charge in [-0.3, -0.25) is 4.79 Å². The van der Waals surface area contributed by atoms with Crippen LogP contribution in [-0.4, -0.2) is 49.6 Å². The zero-order valence-electron chi connectivity index (χ0n) is 17.1. The number of carbonyl (C=O) groups excluding carboxylic acids is 2. The van der Waals surface area contributed by atoms with E-state index in [4.69, 9.17) is 0 Å². The van der Waals surface area contributed by atoms with Gasteiger partial charge in [0.25, 0.3) is 0 Å². The zero-order chi connectivity index (χ0) is 19.8. The summed E-state index contributed by atoms with van der Waals surface area (Å²) in [5, 5.41) is 5.72. The van der Waals surface area contributed by atoms with E-state index in [9.17, 15) is 9.59 Å². The molecule has 0 unspecified atom stereocenters. The van der Waals surface area contributed by atoms with Crippen molar-refractivity contribution in [3.8, 4) is 0 Å². The Hall–Kier alpha value is -2.24. The first kappa shape index (κ1) is 20.5. The summed E-state index contributed by atoms with van der Waals surface area (Å²) in [6.07, 6.45) is 7.87. The van der Waals surface area contributed by atoms with Crippen molar-refractivity contribution in [3.05, 3.63) is 24.3 Å². The predicted molar refractivity (Wildman–Crippen MR) is 114 cm³/mol. The third kappa shape index (κ3) is 5.63. The molecule has 1 saturated carbocycles. The van der Waals surface area contributed by atoms with E-state index in [2.05, 4.69) is 27.4 Å². The summed E-state index contributed by atoms with van der Waals surface area (Å²) in [7, 11) is 0. The first-order chi connectivity index (χ1) is 13.7. The molecule has 1 aromatic rings. The minimum atomic E-state index is -0.156. The van der Waals surface area contributed by atoms with Gasteiger partial charge in [0, 0.05) is 50.0 Å². The smallest absolute Gasteiger partial charge is 0.319 e. The molecule has 3 amide bonds. The quantitative estimate of drug-likeness (QED) is 0.730. The Morgan fingerprint density at radius 2 is 1.68 bits per heavy atom. The van der Waals surface area contributed by atoms with Crippen LogP contribution in [0, 0.1) is 5.92 Å². The van der Waals surface area contributed by atoms with Crippen LogP contribution < -0.4 is 15.5 Å². The summed E-state index contributed by atoms with van der Waals surface area (Å²) in [6, 6.07) is 7.80. The summed E-state index contributed by atoms with van der Waals surface area (Å²) >= 11 is 0. The Morgan fingerprint density at radius 3 is 2.32 bits per heavy atom. The van der Waals surface area contributed by atoms with Crippen LogP contribution >= 0.6 is 0 Å². The summed E-state index contributed by atoms with van der Waals surface area (Å²) < 4.78 is 0. The van der Waals surface area contributed by atoms with Crippen LogP contribution in [0.1, 0.15) is 51.9 Å². The number of unbranched alkanes of at least 4 members (excludes halogenated alkanes) is 1. The molecule has 3 rings (SSSR count). The van der Waals surface area contributed by atoms with Crippen LogP contribution in [0.3, 0.4) is 0 Å². The Kier molecular flexibility index (Phi) is 7.57. The van der Waals surface area contributed by atoms with E-state index in [-0.39, 0.29) is 11.9 Å². The first-order valence-electron chi connectivity index (χ1n) is 10.9. The molecular weight excluding hydrogens is 352 g/mol. The number of hydrogen-bond acceptors (Lipinski definition) is 3. The van der Waals surface area contributed by atoms with E-state index >= 15 is 0 Å². The van der Waals surface area contributed by atoms with Gasteiger partial charge in [0.05, 0.1) is 0 Å². The average molecular weight is 387 g/mol. The van der Waals surface area contributed by atoms with Crippen LogP contribution in [0.25, 0.3) is 0 Å². The average Bonchev–Trinajstić information content (AvgIpc) is 2.75. The maximum absolute atomic E-state index is 12.7. The SMILES string of the molecule is CCCCNC(=O)Nc1ccc(N2CCN(C(=O)C3CCCCC3)CC2)cc1. The molecule has 6 nitrogen and oxygen atoms in total. The molecule has 0 bridgehead atoms. The van der Waals surface area contributed by atoms with Crippen LogP contribution in [0.4, 0.5) is 16.2 Å². The van der Waals surface area contributed by atoms with E-state index in [0.29, 0.717) is 12.5 Å². The Labute approximate surface area is 168 Å². The highest BCUT2D eigenvalue weighted by molar-refractivity contribution is 5.89. The van der Waals surface area contributed by atoms with Crippen molar-refractivity contribution >= 4 is 23.3 Å². The van der Waals surface area contributed by atoms with Gasteiger partial charge in [0.15, 0.2) is 0 Å². The number of amides is 3. The van der Waals surface area contributed by atoms with Gasteiger partial charge in [0.1, 0.15) is 0 Å². The van der Waals surface area contributed by atoms with Crippen LogP contribution in [-0.2, 0) is 4.79 Å². The molecule has 6 heteroatoms. The van der Waals surface area contributed by atoms with Crippen molar-refractivity contribution in [2.24, 2.45) is 5.92 Å². The second-order valence-corrected chi connectivity index (χ2v) is 7.93. The van der Waals surface area contributed by atoms with Crippen LogP contribution in [0.2, 0.25) is 0 Å². The molecule has 1 aliphatic heterocycles. The Morgan fingerprint density at radius 1 is 1.00 bits per heavy atom. The van der Waals surface area contributed by atoms with Gasteiger partial charge in [-0.05, 0) is 43.5 Å². The lowest BCUT2D eigenvalue weighted by molar-refractivity contribution is -0.136. The molecule has 0 aromatic heterocycles. The van der Waals surface area contributed by atoms with Crippen molar-refractivity contribution in [3.63, 3.8) is 0 Å². The Balaban J connectivity index is 1.45. The lowest BCUT2D eigenvalue weighted by Crippen LogP contribution is -2.50. The van der Waals surface area contributed by atoms with Gasteiger partial charge in [-0.25, -0.2) is 4.79 Å². The number of rotatable bonds is 6. The summed E-state index contributed by atoms with van der Waals surface area (Å²) in [5.41, 5.74) is 1.94. The highest BCUT2D eigenvalue weighted by Gasteiger charge is 2.28.